The molecule has 1 atom stereocenters. The minimum absolute atomic E-state index is 0.112. The Bertz CT molecular complexity index is 1410. The lowest BCUT2D eigenvalue weighted by molar-refractivity contribution is -0.192. The second-order valence-electron chi connectivity index (χ2n) is 7.75. The minimum Gasteiger partial charge on any atom is -0.485 e. The van der Waals surface area contributed by atoms with Crippen molar-refractivity contribution in [2.75, 3.05) is 6.54 Å². The highest BCUT2D eigenvalue weighted by atomic mass is 19.4. The number of carbonyl (C=O) groups is 3. The van der Waals surface area contributed by atoms with Crippen LogP contribution in [-0.4, -0.2) is 56.3 Å². The second kappa shape index (κ2) is 12.5. The van der Waals surface area contributed by atoms with Gasteiger partial charge < -0.3 is 25.6 Å². The second-order valence-corrected chi connectivity index (χ2v) is 7.75. The molecule has 0 bridgehead atoms. The lowest BCUT2D eigenvalue weighted by atomic mass is 10.2. The molecule has 0 saturated carbocycles. The summed E-state index contributed by atoms with van der Waals surface area (Å²) in [4.78, 5) is 36.7. The van der Waals surface area contributed by atoms with Crippen LogP contribution in [0.1, 0.15) is 27.3 Å². The Morgan fingerprint density at radius 2 is 1.77 bits per heavy atom. The van der Waals surface area contributed by atoms with Crippen molar-refractivity contribution in [1.29, 1.82) is 5.26 Å². The van der Waals surface area contributed by atoms with Gasteiger partial charge in [0.05, 0.1) is 23.9 Å². The number of hydrogen-bond donors (Lipinski definition) is 4. The zero-order chi connectivity index (χ0) is 29.5. The molecule has 16 heteroatoms. The predicted molar refractivity (Wildman–Crippen MR) is 122 cm³/mol. The Balaban J connectivity index is 0.000000673. The average Bonchev–Trinajstić information content (AvgIpc) is 3.16. The number of aryl methyl sites for hydroxylation is 2. The number of aromatic nitrogens is 2. The number of nitriles is 1. The monoisotopic (exact) mass is 557 g/mol. The van der Waals surface area contributed by atoms with Gasteiger partial charge in [-0.1, -0.05) is 6.07 Å². The van der Waals surface area contributed by atoms with Crippen molar-refractivity contribution in [3.63, 3.8) is 0 Å². The topological polar surface area (TPSA) is 166 Å². The van der Waals surface area contributed by atoms with E-state index in [0.717, 1.165) is 12.1 Å². The van der Waals surface area contributed by atoms with Crippen molar-refractivity contribution in [3.05, 3.63) is 64.6 Å². The van der Waals surface area contributed by atoms with E-state index in [-0.39, 0.29) is 35.8 Å². The van der Waals surface area contributed by atoms with Gasteiger partial charge in [-0.3, -0.25) is 9.20 Å². The Hall–Kier alpha value is -4.94. The first kappa shape index (κ1) is 30.3. The zero-order valence-corrected chi connectivity index (χ0v) is 20.1. The molecule has 0 fully saturated rings. The number of aliphatic carboxylic acids is 1. The van der Waals surface area contributed by atoms with E-state index in [1.165, 1.54) is 10.5 Å². The molecule has 2 aromatic heterocycles. The number of carboxylic acids is 1. The van der Waals surface area contributed by atoms with Gasteiger partial charge in [0.2, 0.25) is 0 Å². The maximum absolute atomic E-state index is 13.9. The Kier molecular flexibility index (Phi) is 9.74. The van der Waals surface area contributed by atoms with Gasteiger partial charge in [0.15, 0.2) is 11.4 Å². The number of ether oxygens (including phenoxy) is 1. The number of pyridine rings is 1. The summed E-state index contributed by atoms with van der Waals surface area (Å²) in [6, 6.07) is 5.83. The number of carbonyl (C=O) groups excluding carboxylic acids is 1. The number of amides is 2. The summed E-state index contributed by atoms with van der Waals surface area (Å²) in [5.41, 5.74) is 1.11. The fraction of sp³-hybridized carbons (Fsp3) is 0.261. The van der Waals surface area contributed by atoms with E-state index in [9.17, 15) is 36.8 Å². The van der Waals surface area contributed by atoms with Crippen LogP contribution >= 0.6 is 0 Å². The number of nitrogens with one attached hydrogen (secondary N) is 2. The van der Waals surface area contributed by atoms with Gasteiger partial charge in [-0.05, 0) is 37.6 Å². The third-order valence-corrected chi connectivity index (χ3v) is 4.81. The molecule has 0 radical (unpaired) electrons. The summed E-state index contributed by atoms with van der Waals surface area (Å²) in [7, 11) is 0. The normalized spacial score (nSPS) is 11.5. The SMILES string of the molecule is Cc1cc(OCc2c(F)cccc2F)c2nc(C)c(C(=O)NC(C#N)CNC(=O)O)n2c1.O=C(O)C(F)(F)F. The van der Waals surface area contributed by atoms with Crippen molar-refractivity contribution in [2.45, 2.75) is 32.7 Å². The van der Waals surface area contributed by atoms with Gasteiger partial charge in [0.25, 0.3) is 5.91 Å². The predicted octanol–water partition coefficient (Wildman–Crippen LogP) is 3.33. The van der Waals surface area contributed by atoms with Crippen LogP contribution in [0.5, 0.6) is 5.75 Å². The zero-order valence-electron chi connectivity index (χ0n) is 20.1. The van der Waals surface area contributed by atoms with Crippen LogP contribution < -0.4 is 15.4 Å². The quantitative estimate of drug-likeness (QED) is 0.321. The van der Waals surface area contributed by atoms with E-state index in [2.05, 4.69) is 10.3 Å². The maximum atomic E-state index is 13.9. The van der Waals surface area contributed by atoms with E-state index >= 15 is 0 Å². The van der Waals surface area contributed by atoms with Crippen molar-refractivity contribution >= 4 is 23.6 Å². The van der Waals surface area contributed by atoms with E-state index in [1.54, 1.807) is 32.2 Å². The fourth-order valence-electron chi connectivity index (χ4n) is 3.10. The fourth-order valence-corrected chi connectivity index (χ4v) is 3.10. The molecule has 208 valence electrons. The molecule has 3 aromatic rings. The lowest BCUT2D eigenvalue weighted by Gasteiger charge is -2.13. The van der Waals surface area contributed by atoms with E-state index in [1.807, 2.05) is 5.32 Å². The number of fused-ring (bicyclic) bond motifs is 1. The number of hydrogen-bond acceptors (Lipinski definition) is 6. The van der Waals surface area contributed by atoms with Gasteiger partial charge >= 0.3 is 18.2 Å². The Morgan fingerprint density at radius 3 is 2.28 bits per heavy atom. The van der Waals surface area contributed by atoms with Crippen LogP contribution in [0, 0.1) is 36.8 Å². The first-order valence-electron chi connectivity index (χ1n) is 10.7. The number of benzene rings is 1. The number of alkyl halides is 3. The standard InChI is InChI=1S/C21H19F2N5O4.C2HF3O2/c1-11-6-17(32-10-14-15(22)4-3-5-16(14)23)19-26-12(2)18(28(19)9-11)20(29)27-13(7-24)8-25-21(30)31;3-2(4,5)1(6)7/h3-6,9,13,25H,8,10H2,1-2H3,(H,27,29)(H,30,31);(H,6,7). The average molecular weight is 557 g/mol. The Labute approximate surface area is 216 Å². The van der Waals surface area contributed by atoms with Crippen molar-refractivity contribution in [2.24, 2.45) is 0 Å². The van der Waals surface area contributed by atoms with E-state index < -0.39 is 41.8 Å². The minimum atomic E-state index is -5.08. The molecule has 0 aliphatic rings. The van der Waals surface area contributed by atoms with Crippen molar-refractivity contribution in [3.8, 4) is 11.8 Å². The summed E-state index contributed by atoms with van der Waals surface area (Å²) in [5.74, 6) is -4.69. The molecular weight excluding hydrogens is 537 g/mol. The van der Waals surface area contributed by atoms with Crippen LogP contribution in [0.2, 0.25) is 0 Å². The van der Waals surface area contributed by atoms with Crippen molar-refractivity contribution in [1.82, 2.24) is 20.0 Å². The lowest BCUT2D eigenvalue weighted by Crippen LogP contribution is -2.43. The summed E-state index contributed by atoms with van der Waals surface area (Å²) in [6.45, 7) is 2.63. The van der Waals surface area contributed by atoms with Crippen LogP contribution in [0.3, 0.4) is 0 Å². The van der Waals surface area contributed by atoms with Gasteiger partial charge in [0.1, 0.15) is 30.0 Å². The highest BCUT2D eigenvalue weighted by Crippen LogP contribution is 2.26. The molecule has 1 unspecified atom stereocenters. The molecule has 39 heavy (non-hydrogen) atoms. The Morgan fingerprint density at radius 1 is 1.18 bits per heavy atom. The van der Waals surface area contributed by atoms with Crippen LogP contribution in [0.25, 0.3) is 5.65 Å². The van der Waals surface area contributed by atoms with Crippen LogP contribution in [-0.2, 0) is 11.4 Å². The van der Waals surface area contributed by atoms with Gasteiger partial charge in [-0.2, -0.15) is 18.4 Å². The largest absolute Gasteiger partial charge is 0.490 e. The molecule has 4 N–H and O–H groups in total. The number of carboxylic acid groups (broad SMARTS) is 2. The number of imidazole rings is 1. The summed E-state index contributed by atoms with van der Waals surface area (Å²) < 4.78 is 66.7. The van der Waals surface area contributed by atoms with Crippen molar-refractivity contribution < 1.29 is 51.3 Å². The van der Waals surface area contributed by atoms with Crippen LogP contribution in [0.4, 0.5) is 26.7 Å². The van der Waals surface area contributed by atoms with E-state index in [0.29, 0.717) is 11.3 Å². The summed E-state index contributed by atoms with van der Waals surface area (Å²) in [5, 5.41) is 29.5. The third kappa shape index (κ3) is 8.02. The molecule has 0 aliphatic heterocycles. The summed E-state index contributed by atoms with van der Waals surface area (Å²) in [6.07, 6.45) is -4.79. The smallest absolute Gasteiger partial charge is 0.485 e. The molecule has 2 heterocycles. The van der Waals surface area contributed by atoms with Gasteiger partial charge in [0, 0.05) is 6.20 Å². The van der Waals surface area contributed by atoms with Crippen LogP contribution in [0.15, 0.2) is 30.5 Å². The molecule has 1 aromatic carbocycles. The molecule has 11 nitrogen and oxygen atoms in total. The highest BCUT2D eigenvalue weighted by molar-refractivity contribution is 5.95. The third-order valence-electron chi connectivity index (χ3n) is 4.81. The molecule has 0 spiro atoms. The number of nitrogens with zero attached hydrogens (tertiary/aromatic N) is 3. The van der Waals surface area contributed by atoms with Gasteiger partial charge in [-0.25, -0.2) is 23.4 Å². The molecular formula is C23H20F5N5O6. The van der Waals surface area contributed by atoms with Gasteiger partial charge in [-0.15, -0.1) is 0 Å². The molecule has 3 rings (SSSR count). The first-order valence-corrected chi connectivity index (χ1v) is 10.7. The molecule has 2 amide bonds. The molecule has 0 aliphatic carbocycles. The summed E-state index contributed by atoms with van der Waals surface area (Å²) >= 11 is 0. The maximum Gasteiger partial charge on any atom is 0.490 e. The number of rotatable bonds is 7. The molecule has 0 saturated heterocycles. The number of halogens is 5. The highest BCUT2D eigenvalue weighted by Gasteiger charge is 2.38. The van der Waals surface area contributed by atoms with E-state index in [4.69, 9.17) is 19.7 Å². The first-order chi connectivity index (χ1) is 18.1.